The standard InChI is InChI=1S/C43H52O5S/c1-6-17-38(45-7-2)43(4,5)42-41(49-36-26-24-32(3)25-27-36)40(47-30-35-22-15-10-16-23-35)39(46-29-34-20-13-9-14-21-34)37(48-42)31-44-28-33-18-11-8-12-19-33/h6,8-16,18-27,37-42H,1,7,17,28-31H2,2-5H3/t37-,38?,39-,40+,41-,42-/m1/s1. The van der Waals surface area contributed by atoms with Crippen LogP contribution in [0.25, 0.3) is 0 Å². The van der Waals surface area contributed by atoms with Crippen LogP contribution in [0, 0.1) is 12.3 Å². The van der Waals surface area contributed by atoms with Crippen LogP contribution >= 0.6 is 11.8 Å². The van der Waals surface area contributed by atoms with Crippen molar-refractivity contribution in [2.75, 3.05) is 13.2 Å². The quantitative estimate of drug-likeness (QED) is 0.0976. The van der Waals surface area contributed by atoms with Gasteiger partial charge in [0, 0.05) is 16.9 Å². The molecule has 0 amide bonds. The van der Waals surface area contributed by atoms with Gasteiger partial charge in [0.05, 0.1) is 43.9 Å². The topological polar surface area (TPSA) is 46.2 Å². The van der Waals surface area contributed by atoms with Crippen molar-refractivity contribution >= 4 is 11.8 Å². The molecule has 1 unspecified atom stereocenters. The average molecular weight is 681 g/mol. The highest BCUT2D eigenvalue weighted by atomic mass is 32.2. The molecule has 5 nitrogen and oxygen atoms in total. The van der Waals surface area contributed by atoms with Gasteiger partial charge in [-0.1, -0.05) is 129 Å². The normalized spacial score (nSPS) is 21.7. The Bertz CT molecular complexity index is 1510. The first kappa shape index (κ1) is 37.0. The molecule has 1 aliphatic rings. The Balaban J connectivity index is 1.55. The molecular formula is C43H52O5S. The lowest BCUT2D eigenvalue weighted by atomic mass is 9.74. The largest absolute Gasteiger partial charge is 0.378 e. The van der Waals surface area contributed by atoms with E-state index in [1.54, 1.807) is 11.8 Å². The van der Waals surface area contributed by atoms with Gasteiger partial charge in [-0.15, -0.1) is 18.3 Å². The van der Waals surface area contributed by atoms with E-state index in [2.05, 4.69) is 100 Å². The van der Waals surface area contributed by atoms with E-state index in [4.69, 9.17) is 23.7 Å². The molecule has 0 saturated carbocycles. The number of aryl methyl sites for hydroxylation is 1. The van der Waals surface area contributed by atoms with Crippen LogP contribution in [-0.4, -0.2) is 49.0 Å². The Morgan fingerprint density at radius 3 is 1.82 bits per heavy atom. The maximum absolute atomic E-state index is 7.29. The highest BCUT2D eigenvalue weighted by Crippen LogP contribution is 2.46. The number of hydrogen-bond acceptors (Lipinski definition) is 6. The Morgan fingerprint density at radius 1 is 0.755 bits per heavy atom. The summed E-state index contributed by atoms with van der Waals surface area (Å²) >= 11 is 1.80. The third-order valence-corrected chi connectivity index (χ3v) is 10.5. The van der Waals surface area contributed by atoms with Gasteiger partial charge in [-0.2, -0.15) is 0 Å². The maximum atomic E-state index is 7.29. The first-order chi connectivity index (χ1) is 23.9. The molecule has 0 bridgehead atoms. The lowest BCUT2D eigenvalue weighted by Crippen LogP contribution is -2.64. The zero-order valence-corrected chi connectivity index (χ0v) is 30.2. The van der Waals surface area contributed by atoms with Gasteiger partial charge in [0.2, 0.25) is 0 Å². The van der Waals surface area contributed by atoms with E-state index < -0.39 is 17.6 Å². The van der Waals surface area contributed by atoms with Crippen LogP contribution in [0.2, 0.25) is 0 Å². The van der Waals surface area contributed by atoms with Crippen LogP contribution in [0.3, 0.4) is 0 Å². The fourth-order valence-corrected chi connectivity index (χ4v) is 7.98. The minimum absolute atomic E-state index is 0.108. The van der Waals surface area contributed by atoms with Crippen molar-refractivity contribution < 1.29 is 23.7 Å². The van der Waals surface area contributed by atoms with Crippen molar-refractivity contribution in [2.24, 2.45) is 5.41 Å². The number of ether oxygens (including phenoxy) is 5. The fraction of sp³-hybridized carbons (Fsp3) is 0.395. The average Bonchev–Trinajstić information content (AvgIpc) is 3.12. The smallest absolute Gasteiger partial charge is 0.114 e. The molecule has 6 heteroatoms. The van der Waals surface area contributed by atoms with Crippen LogP contribution in [0.4, 0.5) is 0 Å². The predicted molar refractivity (Wildman–Crippen MR) is 200 cm³/mol. The Morgan fingerprint density at radius 2 is 1.29 bits per heavy atom. The lowest BCUT2D eigenvalue weighted by Gasteiger charge is -2.52. The molecule has 4 aromatic rings. The third kappa shape index (κ3) is 10.4. The van der Waals surface area contributed by atoms with Crippen LogP contribution in [0.15, 0.2) is 133 Å². The van der Waals surface area contributed by atoms with Crippen LogP contribution < -0.4 is 0 Å². The highest BCUT2D eigenvalue weighted by Gasteiger charge is 2.54. The van der Waals surface area contributed by atoms with Gasteiger partial charge >= 0.3 is 0 Å². The van der Waals surface area contributed by atoms with Gasteiger partial charge < -0.3 is 23.7 Å². The first-order valence-corrected chi connectivity index (χ1v) is 18.3. The van der Waals surface area contributed by atoms with Gasteiger partial charge in [-0.3, -0.25) is 0 Å². The summed E-state index contributed by atoms with van der Waals surface area (Å²) in [5.74, 6) is 0. The molecule has 4 aromatic carbocycles. The van der Waals surface area contributed by atoms with Crippen molar-refractivity contribution in [3.8, 4) is 0 Å². The summed E-state index contributed by atoms with van der Waals surface area (Å²) in [6.45, 7) is 15.1. The predicted octanol–water partition coefficient (Wildman–Crippen LogP) is 9.62. The number of benzene rings is 4. The molecule has 1 fully saturated rings. The van der Waals surface area contributed by atoms with Gasteiger partial charge in [0.1, 0.15) is 18.3 Å². The molecule has 1 aliphatic heterocycles. The highest BCUT2D eigenvalue weighted by molar-refractivity contribution is 8.00. The Kier molecular flexibility index (Phi) is 14.1. The van der Waals surface area contributed by atoms with Crippen molar-refractivity contribution in [1.29, 1.82) is 0 Å². The zero-order chi connectivity index (χ0) is 34.5. The molecule has 1 saturated heterocycles. The molecule has 5 rings (SSSR count). The van der Waals surface area contributed by atoms with Crippen molar-refractivity contribution in [1.82, 2.24) is 0 Å². The molecule has 1 heterocycles. The molecule has 0 N–H and O–H groups in total. The summed E-state index contributed by atoms with van der Waals surface area (Å²) in [6.07, 6.45) is 1.16. The molecule has 6 atom stereocenters. The van der Waals surface area contributed by atoms with E-state index >= 15 is 0 Å². The summed E-state index contributed by atoms with van der Waals surface area (Å²) in [5.41, 5.74) is 4.13. The molecule has 0 aliphatic carbocycles. The number of hydrogen-bond donors (Lipinski definition) is 0. The minimum Gasteiger partial charge on any atom is -0.378 e. The van der Waals surface area contributed by atoms with E-state index in [0.29, 0.717) is 39.5 Å². The molecule has 0 spiro atoms. The second kappa shape index (κ2) is 18.7. The van der Waals surface area contributed by atoms with Gasteiger partial charge in [0.15, 0.2) is 0 Å². The second-order valence-electron chi connectivity index (χ2n) is 13.3. The van der Waals surface area contributed by atoms with Crippen molar-refractivity contribution in [3.63, 3.8) is 0 Å². The Labute approximate surface area is 298 Å². The minimum atomic E-state index is -0.414. The zero-order valence-electron chi connectivity index (χ0n) is 29.4. The van der Waals surface area contributed by atoms with Crippen molar-refractivity contribution in [3.05, 3.63) is 150 Å². The SMILES string of the molecule is C=CCC(OCC)C(C)(C)[C@@H]1O[C@H](COCc2ccccc2)[C@@H](OCc2ccccc2)[C@H](OCc2ccccc2)[C@H]1Sc1ccc(C)cc1. The van der Waals surface area contributed by atoms with Crippen LogP contribution in [0.5, 0.6) is 0 Å². The molecular weight excluding hydrogens is 629 g/mol. The first-order valence-electron chi connectivity index (χ1n) is 17.4. The summed E-state index contributed by atoms with van der Waals surface area (Å²) in [4.78, 5) is 1.16. The van der Waals surface area contributed by atoms with E-state index in [1.165, 1.54) is 5.56 Å². The van der Waals surface area contributed by atoms with E-state index in [9.17, 15) is 0 Å². The lowest BCUT2D eigenvalue weighted by molar-refractivity contribution is -0.244. The summed E-state index contributed by atoms with van der Waals surface area (Å²) in [6, 6.07) is 39.6. The molecule has 0 radical (unpaired) electrons. The third-order valence-electron chi connectivity index (χ3n) is 9.20. The van der Waals surface area contributed by atoms with Crippen LogP contribution in [-0.2, 0) is 43.5 Å². The molecule has 49 heavy (non-hydrogen) atoms. The van der Waals surface area contributed by atoms with E-state index in [1.807, 2.05) is 55.5 Å². The van der Waals surface area contributed by atoms with Gasteiger partial charge in [-0.25, -0.2) is 0 Å². The molecule has 0 aromatic heterocycles. The summed E-state index contributed by atoms with van der Waals surface area (Å²) in [7, 11) is 0. The monoisotopic (exact) mass is 680 g/mol. The number of thioether (sulfide) groups is 1. The maximum Gasteiger partial charge on any atom is 0.114 e. The van der Waals surface area contributed by atoms with E-state index in [0.717, 1.165) is 21.6 Å². The summed E-state index contributed by atoms with van der Waals surface area (Å²) < 4.78 is 34.1. The van der Waals surface area contributed by atoms with Gasteiger partial charge in [-0.05, 0) is 49.1 Å². The van der Waals surface area contributed by atoms with Gasteiger partial charge in [0.25, 0.3) is 0 Å². The summed E-state index contributed by atoms with van der Waals surface area (Å²) in [5, 5.41) is -0.125. The number of rotatable bonds is 18. The second-order valence-corrected chi connectivity index (χ2v) is 14.6. The molecule has 260 valence electrons. The van der Waals surface area contributed by atoms with Crippen LogP contribution in [0.1, 0.15) is 49.4 Å². The van der Waals surface area contributed by atoms with Crippen molar-refractivity contribution in [2.45, 2.75) is 94.6 Å². The van der Waals surface area contributed by atoms with E-state index in [-0.39, 0.29) is 23.6 Å². The Hall–Kier alpha value is -3.23. The fourth-order valence-electron chi connectivity index (χ4n) is 6.46.